The molecule has 0 radical (unpaired) electrons. The molecule has 0 aromatic heterocycles. The zero-order valence-electron chi connectivity index (χ0n) is 12.7. The summed E-state index contributed by atoms with van der Waals surface area (Å²) in [7, 11) is 3.84. The summed E-state index contributed by atoms with van der Waals surface area (Å²) in [5.74, 6) is -1.03. The van der Waals surface area contributed by atoms with Crippen LogP contribution in [0.5, 0.6) is 0 Å². The Morgan fingerprint density at radius 2 is 1.96 bits per heavy atom. The minimum atomic E-state index is -1.03. The molecule has 1 atom stereocenters. The summed E-state index contributed by atoms with van der Waals surface area (Å²) in [6, 6.07) is 13.8. The van der Waals surface area contributed by atoms with Crippen molar-refractivity contribution in [1.82, 2.24) is 0 Å². The fourth-order valence-corrected chi connectivity index (χ4v) is 2.26. The molecule has 1 fully saturated rings. The molecule has 1 saturated heterocycles. The van der Waals surface area contributed by atoms with Crippen LogP contribution < -0.4 is 10.1 Å². The van der Waals surface area contributed by atoms with Crippen molar-refractivity contribution < 1.29 is 24.6 Å². The first kappa shape index (κ1) is 15.3. The van der Waals surface area contributed by atoms with E-state index in [1.807, 2.05) is 43.3 Å². The summed E-state index contributed by atoms with van der Waals surface area (Å²) in [5.41, 5.74) is 2.29. The van der Waals surface area contributed by atoms with E-state index in [1.165, 1.54) is 12.1 Å². The van der Waals surface area contributed by atoms with Gasteiger partial charge in [0.1, 0.15) is 0 Å². The van der Waals surface area contributed by atoms with Crippen LogP contribution in [0.1, 0.15) is 22.2 Å². The van der Waals surface area contributed by atoms with Crippen LogP contribution >= 0.6 is 0 Å². The quantitative estimate of drug-likeness (QED) is 0.870. The maximum absolute atomic E-state index is 11.0. The Labute approximate surface area is 133 Å². The normalized spacial score (nSPS) is 17.3. The van der Waals surface area contributed by atoms with E-state index in [1.54, 1.807) is 12.1 Å². The van der Waals surface area contributed by atoms with Gasteiger partial charge in [0.25, 0.3) is 0 Å². The van der Waals surface area contributed by atoms with Gasteiger partial charge >= 0.3 is 5.97 Å². The van der Waals surface area contributed by atoms with Crippen LogP contribution in [-0.4, -0.2) is 25.2 Å². The number of nitrogens with zero attached hydrogens (tertiary/aromatic N) is 2. The highest BCUT2D eigenvalue weighted by Gasteiger charge is 2.31. The summed E-state index contributed by atoms with van der Waals surface area (Å²) >= 11 is 0. The zero-order chi connectivity index (χ0) is 16.4. The van der Waals surface area contributed by atoms with E-state index >= 15 is 0 Å². The zero-order valence-corrected chi connectivity index (χ0v) is 12.7. The van der Waals surface area contributed by atoms with Crippen LogP contribution in [0.15, 0.2) is 48.5 Å². The number of anilines is 2. The maximum atomic E-state index is 11.0. The number of para-hydroxylation sites is 1. The summed E-state index contributed by atoms with van der Waals surface area (Å²) in [6.45, 7) is 0. The van der Waals surface area contributed by atoms with Gasteiger partial charge in [0.05, 0.1) is 11.3 Å². The minimum Gasteiger partial charge on any atom is -0.478 e. The molecule has 1 N–H and O–H groups in total. The molecule has 0 saturated carbocycles. The van der Waals surface area contributed by atoms with Gasteiger partial charge in [0.2, 0.25) is 6.29 Å². The predicted molar refractivity (Wildman–Crippen MR) is 82.6 cm³/mol. The second kappa shape index (κ2) is 6.25. The van der Waals surface area contributed by atoms with Crippen molar-refractivity contribution in [2.45, 2.75) is 6.29 Å². The molecule has 1 aliphatic rings. The number of rotatable bonds is 4. The van der Waals surface area contributed by atoms with Crippen molar-refractivity contribution in [2.75, 3.05) is 24.2 Å². The molecule has 7 nitrogen and oxygen atoms in total. The molecular weight excluding hydrogens is 300 g/mol. The first-order valence-corrected chi connectivity index (χ1v) is 6.96. The molecule has 0 bridgehead atoms. The molecule has 120 valence electrons. The molecule has 7 heteroatoms. The Bertz CT molecular complexity index is 719. The predicted octanol–water partition coefficient (Wildman–Crippen LogP) is 2.76. The highest BCUT2D eigenvalue weighted by Crippen LogP contribution is 2.35. The fourth-order valence-electron chi connectivity index (χ4n) is 2.26. The smallest absolute Gasteiger partial charge is 0.335 e. The SMILES string of the molecule is CN(C)c1ccccc1C1OON(c2cccc(C(=O)O)c2)O1. The van der Waals surface area contributed by atoms with Gasteiger partial charge in [-0.05, 0) is 24.3 Å². The van der Waals surface area contributed by atoms with Crippen molar-refractivity contribution in [3.8, 4) is 0 Å². The highest BCUT2D eigenvalue weighted by molar-refractivity contribution is 5.88. The van der Waals surface area contributed by atoms with Crippen molar-refractivity contribution >= 4 is 17.3 Å². The lowest BCUT2D eigenvalue weighted by Crippen LogP contribution is -2.17. The largest absolute Gasteiger partial charge is 0.478 e. The van der Waals surface area contributed by atoms with Gasteiger partial charge < -0.3 is 10.0 Å². The molecule has 3 rings (SSSR count). The van der Waals surface area contributed by atoms with Gasteiger partial charge in [-0.3, -0.25) is 0 Å². The van der Waals surface area contributed by atoms with Crippen LogP contribution in [0, 0.1) is 0 Å². The van der Waals surface area contributed by atoms with E-state index in [4.69, 9.17) is 19.8 Å². The van der Waals surface area contributed by atoms with Crippen LogP contribution in [0.25, 0.3) is 0 Å². The number of carboxylic acid groups (broad SMARTS) is 1. The maximum Gasteiger partial charge on any atom is 0.335 e. The first-order valence-electron chi connectivity index (χ1n) is 6.96. The van der Waals surface area contributed by atoms with Crippen LogP contribution in [0.3, 0.4) is 0 Å². The average Bonchev–Trinajstić information content (AvgIpc) is 3.05. The first-order chi connectivity index (χ1) is 11.1. The molecule has 0 spiro atoms. The van der Waals surface area contributed by atoms with Gasteiger partial charge in [-0.25, -0.2) is 9.63 Å². The van der Waals surface area contributed by atoms with Crippen molar-refractivity contribution in [2.24, 2.45) is 0 Å². The van der Waals surface area contributed by atoms with Crippen molar-refractivity contribution in [3.05, 3.63) is 59.7 Å². The summed E-state index contributed by atoms with van der Waals surface area (Å²) in [6.07, 6.45) is -0.748. The number of carboxylic acids is 1. The summed E-state index contributed by atoms with van der Waals surface area (Å²) in [4.78, 5) is 28.9. The Hall–Kier alpha value is -2.61. The summed E-state index contributed by atoms with van der Waals surface area (Å²) < 4.78 is 0. The van der Waals surface area contributed by atoms with E-state index in [-0.39, 0.29) is 5.56 Å². The van der Waals surface area contributed by atoms with Gasteiger partial charge in [-0.15, -0.1) is 0 Å². The lowest BCUT2D eigenvalue weighted by molar-refractivity contribution is -0.286. The lowest BCUT2D eigenvalue weighted by Gasteiger charge is -2.18. The monoisotopic (exact) mass is 316 g/mol. The highest BCUT2D eigenvalue weighted by atomic mass is 17.4. The van der Waals surface area contributed by atoms with E-state index in [2.05, 4.69) is 0 Å². The van der Waals surface area contributed by atoms with Crippen molar-refractivity contribution in [3.63, 3.8) is 0 Å². The van der Waals surface area contributed by atoms with Crippen LogP contribution in [0.2, 0.25) is 0 Å². The van der Waals surface area contributed by atoms with Gasteiger partial charge in [0.15, 0.2) is 0 Å². The van der Waals surface area contributed by atoms with Crippen LogP contribution in [-0.2, 0) is 14.7 Å². The third kappa shape index (κ3) is 3.11. The third-order valence-corrected chi connectivity index (χ3v) is 3.37. The molecule has 0 aliphatic carbocycles. The molecule has 23 heavy (non-hydrogen) atoms. The molecule has 2 aromatic carbocycles. The minimum absolute atomic E-state index is 0.131. The Kier molecular flexibility index (Phi) is 4.16. The Morgan fingerprint density at radius 3 is 2.70 bits per heavy atom. The Balaban J connectivity index is 1.82. The van der Waals surface area contributed by atoms with Gasteiger partial charge in [-0.1, -0.05) is 34.5 Å². The molecule has 1 aliphatic heterocycles. The molecule has 0 amide bonds. The van der Waals surface area contributed by atoms with E-state index < -0.39 is 12.3 Å². The van der Waals surface area contributed by atoms with E-state index in [0.717, 1.165) is 16.5 Å². The van der Waals surface area contributed by atoms with Crippen LogP contribution in [0.4, 0.5) is 11.4 Å². The summed E-state index contributed by atoms with van der Waals surface area (Å²) in [5, 5.41) is 10.1. The van der Waals surface area contributed by atoms with Crippen molar-refractivity contribution in [1.29, 1.82) is 0 Å². The number of benzene rings is 2. The van der Waals surface area contributed by atoms with E-state index in [9.17, 15) is 4.79 Å². The molecule has 1 heterocycles. The second-order valence-corrected chi connectivity index (χ2v) is 5.17. The number of hydrogen-bond acceptors (Lipinski definition) is 6. The van der Waals surface area contributed by atoms with E-state index in [0.29, 0.717) is 5.69 Å². The molecule has 2 aromatic rings. The number of hydrogen-bond donors (Lipinski definition) is 1. The lowest BCUT2D eigenvalue weighted by atomic mass is 10.1. The van der Waals surface area contributed by atoms with Gasteiger partial charge in [0, 0.05) is 25.3 Å². The number of aromatic carboxylic acids is 1. The Morgan fingerprint density at radius 1 is 1.17 bits per heavy atom. The number of carbonyl (C=O) groups is 1. The average molecular weight is 316 g/mol. The standard InChI is InChI=1S/C16H16N2O5/c1-17(2)14-9-4-3-8-13(14)16-21-18(23-22-16)12-7-5-6-11(10-12)15(19)20/h3-10,16H,1-2H3,(H,19,20). The molecule has 1 unspecified atom stereocenters. The second-order valence-electron chi connectivity index (χ2n) is 5.17. The third-order valence-electron chi connectivity index (χ3n) is 3.37. The van der Waals surface area contributed by atoms with Gasteiger partial charge in [-0.2, -0.15) is 4.89 Å². The molecular formula is C16H16N2O5. The fraction of sp³-hybridized carbons (Fsp3) is 0.188. The topological polar surface area (TPSA) is 71.5 Å².